The summed E-state index contributed by atoms with van der Waals surface area (Å²) >= 11 is 12.0. The molecule has 3 N–H and O–H groups in total. The highest BCUT2D eigenvalue weighted by Gasteiger charge is 2.42. The number of pyridine rings is 1. The van der Waals surface area contributed by atoms with E-state index in [-0.39, 0.29) is 22.3 Å². The zero-order chi connectivity index (χ0) is 24.5. The maximum absolute atomic E-state index is 14.6. The van der Waals surface area contributed by atoms with Crippen LogP contribution in [0.1, 0.15) is 29.8 Å². The minimum atomic E-state index is -1.10. The van der Waals surface area contributed by atoms with Crippen LogP contribution in [0.25, 0.3) is 0 Å². The van der Waals surface area contributed by atoms with Crippen LogP contribution in [-0.2, 0) is 17.8 Å². The first-order chi connectivity index (χ1) is 16.2. The van der Waals surface area contributed by atoms with Crippen molar-refractivity contribution >= 4 is 40.8 Å². The third-order valence-corrected chi connectivity index (χ3v) is 6.70. The number of rotatable bonds is 7. The van der Waals surface area contributed by atoms with Crippen LogP contribution < -0.4 is 5.32 Å². The summed E-state index contributed by atoms with van der Waals surface area (Å²) in [4.78, 5) is 18.6. The van der Waals surface area contributed by atoms with Gasteiger partial charge in [-0.25, -0.2) is 13.8 Å². The largest absolute Gasteiger partial charge is 0.481 e. The van der Waals surface area contributed by atoms with E-state index in [2.05, 4.69) is 20.5 Å². The Kier molecular flexibility index (Phi) is 7.06. The normalized spacial score (nSPS) is 15.9. The second-order valence-corrected chi connectivity index (χ2v) is 9.38. The molecule has 0 atom stereocenters. The van der Waals surface area contributed by atoms with Crippen LogP contribution >= 0.6 is 23.2 Å². The minimum absolute atomic E-state index is 0.0584. The third-order valence-electron chi connectivity index (χ3n) is 6.13. The van der Waals surface area contributed by atoms with Crippen molar-refractivity contribution in [3.63, 3.8) is 0 Å². The molecule has 0 amide bonds. The zero-order valence-corrected chi connectivity index (χ0v) is 19.9. The van der Waals surface area contributed by atoms with E-state index in [1.165, 1.54) is 12.1 Å². The highest BCUT2D eigenvalue weighted by Crippen LogP contribution is 2.37. The second kappa shape index (κ2) is 9.85. The first-order valence-electron chi connectivity index (χ1n) is 10.7. The van der Waals surface area contributed by atoms with Crippen LogP contribution in [0.4, 0.5) is 20.4 Å². The minimum Gasteiger partial charge on any atom is -0.481 e. The van der Waals surface area contributed by atoms with Crippen LogP contribution in [0.2, 0.25) is 10.0 Å². The number of aromatic nitrogens is 3. The molecule has 180 valence electrons. The van der Waals surface area contributed by atoms with Crippen LogP contribution in [0.5, 0.6) is 0 Å². The molecule has 0 unspecified atom stereocenters. The van der Waals surface area contributed by atoms with E-state index < -0.39 is 23.0 Å². The van der Waals surface area contributed by atoms with E-state index in [1.807, 2.05) is 4.90 Å². The first kappa shape index (κ1) is 24.4. The summed E-state index contributed by atoms with van der Waals surface area (Å²) in [7, 11) is 0. The average Bonchev–Trinajstić information content (AvgIpc) is 3.20. The van der Waals surface area contributed by atoms with E-state index >= 15 is 0 Å². The van der Waals surface area contributed by atoms with Crippen LogP contribution in [0.15, 0.2) is 30.3 Å². The van der Waals surface area contributed by atoms with E-state index in [4.69, 9.17) is 23.2 Å². The van der Waals surface area contributed by atoms with Crippen molar-refractivity contribution in [1.29, 1.82) is 0 Å². The lowest BCUT2D eigenvalue weighted by Gasteiger charge is -2.39. The topological polar surface area (TPSA) is 94.1 Å². The van der Waals surface area contributed by atoms with Crippen molar-refractivity contribution in [3.05, 3.63) is 69.0 Å². The van der Waals surface area contributed by atoms with Crippen LogP contribution in [-0.4, -0.2) is 44.2 Å². The molecule has 0 saturated carbocycles. The van der Waals surface area contributed by atoms with Gasteiger partial charge in [-0.05, 0) is 45.0 Å². The summed E-state index contributed by atoms with van der Waals surface area (Å²) in [6.07, 6.45) is 0.723. The molecule has 1 saturated heterocycles. The van der Waals surface area contributed by atoms with Gasteiger partial charge in [0.15, 0.2) is 17.5 Å². The van der Waals surface area contributed by atoms with Crippen molar-refractivity contribution in [2.75, 3.05) is 18.4 Å². The van der Waals surface area contributed by atoms with Gasteiger partial charge < -0.3 is 10.4 Å². The molecule has 2 aromatic heterocycles. The Morgan fingerprint density at radius 3 is 2.59 bits per heavy atom. The quantitative estimate of drug-likeness (QED) is 0.397. The van der Waals surface area contributed by atoms with Gasteiger partial charge in [0.25, 0.3) is 0 Å². The number of aryl methyl sites for hydroxylation is 1. The number of aromatic amines is 1. The summed E-state index contributed by atoms with van der Waals surface area (Å²) in [5.74, 6) is -1.92. The number of benzene rings is 1. The van der Waals surface area contributed by atoms with Crippen molar-refractivity contribution < 1.29 is 18.7 Å². The first-order valence-corrected chi connectivity index (χ1v) is 11.4. The zero-order valence-electron chi connectivity index (χ0n) is 18.3. The van der Waals surface area contributed by atoms with Gasteiger partial charge in [0.05, 0.1) is 15.5 Å². The molecule has 1 aliphatic rings. The van der Waals surface area contributed by atoms with Crippen molar-refractivity contribution in [3.8, 4) is 0 Å². The molecule has 3 heterocycles. The van der Waals surface area contributed by atoms with Gasteiger partial charge >= 0.3 is 5.97 Å². The third kappa shape index (κ3) is 5.16. The summed E-state index contributed by atoms with van der Waals surface area (Å²) in [5.41, 5.74) is 0.501. The molecule has 1 fully saturated rings. The van der Waals surface area contributed by atoms with Gasteiger partial charge in [-0.2, -0.15) is 5.10 Å². The van der Waals surface area contributed by atoms with E-state index in [9.17, 15) is 18.7 Å². The summed E-state index contributed by atoms with van der Waals surface area (Å²) in [6, 6.07) is 7.88. The monoisotopic (exact) mass is 509 g/mol. The Morgan fingerprint density at radius 2 is 1.94 bits per heavy atom. The maximum Gasteiger partial charge on any atom is 0.310 e. The van der Waals surface area contributed by atoms with Crippen LogP contribution in [0, 0.1) is 24.0 Å². The molecule has 11 heteroatoms. The number of halogens is 4. The molecule has 0 aliphatic carbocycles. The Labute approximate surface area is 205 Å². The number of likely N-dealkylation sites (tertiary alicyclic amines) is 1. The van der Waals surface area contributed by atoms with Crippen molar-refractivity contribution in [2.45, 2.75) is 32.7 Å². The molecule has 1 aromatic carbocycles. The number of carbonyl (C=O) groups is 1. The molecule has 1 aliphatic heterocycles. The lowest BCUT2D eigenvalue weighted by atomic mass is 9.74. The maximum atomic E-state index is 14.6. The number of anilines is 2. The Bertz CT molecular complexity index is 1210. The predicted molar refractivity (Wildman–Crippen MR) is 126 cm³/mol. The van der Waals surface area contributed by atoms with E-state index in [0.29, 0.717) is 49.6 Å². The number of aliphatic carboxylic acids is 1. The van der Waals surface area contributed by atoms with Gasteiger partial charge in [0.2, 0.25) is 0 Å². The van der Waals surface area contributed by atoms with Gasteiger partial charge in [-0.15, -0.1) is 0 Å². The standard InChI is InChI=1S/C23H23Cl2F2N5O2/c1-13-9-18(31-30-13)29-21-20(27)17(25)10-15(28-21)11-23(22(33)34)5-7-32(8-6-23)12-14-3-2-4-16(24)19(14)26/h2-4,9-10H,5-8,11-12H2,1H3,(H,33,34)(H2,28,29,30,31). The molecule has 3 aromatic rings. The number of carboxylic acids is 1. The number of hydrogen-bond donors (Lipinski definition) is 3. The smallest absolute Gasteiger partial charge is 0.310 e. The molecule has 7 nitrogen and oxygen atoms in total. The lowest BCUT2D eigenvalue weighted by Crippen LogP contribution is -2.45. The Morgan fingerprint density at radius 1 is 1.21 bits per heavy atom. The van der Waals surface area contributed by atoms with Gasteiger partial charge in [0, 0.05) is 36.0 Å². The Hall–Kier alpha value is -2.75. The molecule has 34 heavy (non-hydrogen) atoms. The fourth-order valence-corrected chi connectivity index (χ4v) is 4.60. The van der Waals surface area contributed by atoms with Gasteiger partial charge in [-0.3, -0.25) is 14.8 Å². The number of hydrogen-bond acceptors (Lipinski definition) is 5. The van der Waals surface area contributed by atoms with Crippen LogP contribution in [0.3, 0.4) is 0 Å². The fraction of sp³-hybridized carbons (Fsp3) is 0.348. The highest BCUT2D eigenvalue weighted by molar-refractivity contribution is 6.31. The predicted octanol–water partition coefficient (Wildman–Crippen LogP) is 5.35. The van der Waals surface area contributed by atoms with E-state index in [1.54, 1.807) is 25.1 Å². The second-order valence-electron chi connectivity index (χ2n) is 8.57. The number of nitrogens with one attached hydrogen (secondary N) is 2. The number of carboxylic acid groups (broad SMARTS) is 1. The molecular weight excluding hydrogens is 487 g/mol. The molecule has 0 bridgehead atoms. The number of H-pyrrole nitrogens is 1. The van der Waals surface area contributed by atoms with Gasteiger partial charge in [-0.1, -0.05) is 35.3 Å². The molecular formula is C23H23Cl2F2N5O2. The van der Waals surface area contributed by atoms with Gasteiger partial charge in [0.1, 0.15) is 5.82 Å². The van der Waals surface area contributed by atoms with Crippen molar-refractivity contribution in [1.82, 2.24) is 20.1 Å². The summed E-state index contributed by atoms with van der Waals surface area (Å²) in [6.45, 7) is 3.03. The summed E-state index contributed by atoms with van der Waals surface area (Å²) < 4.78 is 28.8. The molecule has 0 radical (unpaired) electrons. The fourth-order valence-electron chi connectivity index (χ4n) is 4.19. The SMILES string of the molecule is Cc1cc(Nc2nc(CC3(C(=O)O)CCN(Cc4cccc(Cl)c4F)CC3)cc(Cl)c2F)n[nH]1. The summed E-state index contributed by atoms with van der Waals surface area (Å²) in [5, 5.41) is 19.5. The highest BCUT2D eigenvalue weighted by atomic mass is 35.5. The molecule has 0 spiro atoms. The number of piperidine rings is 1. The number of nitrogens with zero attached hydrogens (tertiary/aromatic N) is 3. The van der Waals surface area contributed by atoms with Crippen molar-refractivity contribution in [2.24, 2.45) is 5.41 Å². The van der Waals surface area contributed by atoms with E-state index in [0.717, 1.165) is 5.69 Å². The Balaban J connectivity index is 1.50. The average molecular weight is 510 g/mol. The molecule has 4 rings (SSSR count). The lowest BCUT2D eigenvalue weighted by molar-refractivity contribution is -0.152.